The number of aromatic nitrogens is 3. The summed E-state index contributed by atoms with van der Waals surface area (Å²) >= 11 is 0. The van der Waals surface area contributed by atoms with Gasteiger partial charge < -0.3 is 20.5 Å². The number of nitrogens with two attached hydrogens (primary N) is 1. The third kappa shape index (κ3) is 4.03. The monoisotopic (exact) mass is 367 g/mol. The summed E-state index contributed by atoms with van der Waals surface area (Å²) in [4.78, 5) is 23.7. The van der Waals surface area contributed by atoms with E-state index >= 15 is 0 Å². The number of methoxy groups -OCH3 is 1. The Balaban J connectivity index is 1.74. The molecule has 0 radical (unpaired) electrons. The van der Waals surface area contributed by atoms with Crippen LogP contribution in [0.1, 0.15) is 10.5 Å². The van der Waals surface area contributed by atoms with E-state index in [1.165, 1.54) is 7.11 Å². The summed E-state index contributed by atoms with van der Waals surface area (Å²) in [6, 6.07) is 13.9. The van der Waals surface area contributed by atoms with Gasteiger partial charge >= 0.3 is 0 Å². The minimum absolute atomic E-state index is 0.00970. The second-order valence-electron chi connectivity index (χ2n) is 5.42. The number of amides is 2. The van der Waals surface area contributed by atoms with Crippen molar-refractivity contribution in [2.24, 2.45) is 5.73 Å². The smallest absolute Gasteiger partial charge is 0.271 e. The van der Waals surface area contributed by atoms with Crippen LogP contribution in [0.15, 0.2) is 48.5 Å². The molecule has 0 unspecified atom stereocenters. The number of hydrogen-bond acceptors (Lipinski definition) is 6. The number of rotatable bonds is 7. The van der Waals surface area contributed by atoms with Gasteiger partial charge in [-0.15, -0.1) is 0 Å². The van der Waals surface area contributed by atoms with Gasteiger partial charge in [-0.2, -0.15) is 15.4 Å². The molecule has 0 saturated heterocycles. The fraction of sp³-hybridized carbons (Fsp3) is 0.111. The molecule has 4 N–H and O–H groups in total. The van der Waals surface area contributed by atoms with Crippen LogP contribution < -0.4 is 20.5 Å². The highest BCUT2D eigenvalue weighted by molar-refractivity contribution is 5.97. The van der Waals surface area contributed by atoms with Crippen LogP contribution in [-0.4, -0.2) is 40.9 Å². The fourth-order valence-corrected chi connectivity index (χ4v) is 2.46. The van der Waals surface area contributed by atoms with Gasteiger partial charge in [0.1, 0.15) is 17.2 Å². The Bertz CT molecular complexity index is 970. The van der Waals surface area contributed by atoms with Crippen LogP contribution in [0.4, 0.5) is 5.69 Å². The number of primary amides is 1. The van der Waals surface area contributed by atoms with E-state index in [4.69, 9.17) is 15.2 Å². The number of nitrogens with zero attached hydrogens (tertiary/aromatic N) is 2. The highest BCUT2D eigenvalue weighted by Gasteiger charge is 2.19. The van der Waals surface area contributed by atoms with E-state index in [9.17, 15) is 9.59 Å². The minimum atomic E-state index is -0.720. The third-order valence-corrected chi connectivity index (χ3v) is 3.66. The Morgan fingerprint density at radius 2 is 1.78 bits per heavy atom. The molecule has 2 aromatic carbocycles. The first-order valence-electron chi connectivity index (χ1n) is 7.95. The molecule has 0 spiro atoms. The lowest BCUT2D eigenvalue weighted by Gasteiger charge is -2.12. The first-order valence-corrected chi connectivity index (χ1v) is 7.95. The van der Waals surface area contributed by atoms with Crippen LogP contribution in [0.25, 0.3) is 11.3 Å². The molecule has 1 aromatic heterocycles. The molecular formula is C18H17N5O4. The van der Waals surface area contributed by atoms with Gasteiger partial charge in [0.2, 0.25) is 0 Å². The van der Waals surface area contributed by atoms with Crippen molar-refractivity contribution in [1.29, 1.82) is 0 Å². The summed E-state index contributed by atoms with van der Waals surface area (Å²) in [7, 11) is 1.52. The molecule has 0 fully saturated rings. The van der Waals surface area contributed by atoms with Crippen LogP contribution >= 0.6 is 0 Å². The van der Waals surface area contributed by atoms with E-state index in [1.54, 1.807) is 48.5 Å². The summed E-state index contributed by atoms with van der Waals surface area (Å²) in [6.45, 7) is -0.251. The van der Waals surface area contributed by atoms with Crippen LogP contribution in [-0.2, 0) is 4.79 Å². The lowest BCUT2D eigenvalue weighted by molar-refractivity contribution is -0.118. The Hall–Kier alpha value is -3.88. The van der Waals surface area contributed by atoms with Crippen LogP contribution in [0.3, 0.4) is 0 Å². The number of benzene rings is 2. The van der Waals surface area contributed by atoms with E-state index in [-0.39, 0.29) is 23.9 Å². The summed E-state index contributed by atoms with van der Waals surface area (Å²) in [5.74, 6) is -0.184. The molecule has 9 heteroatoms. The topological polar surface area (TPSA) is 132 Å². The number of nitrogens with one attached hydrogen (secondary N) is 2. The SMILES string of the molecule is COc1ccccc1NC(=O)COc1ccccc1-c1n[nH]nc1C(N)=O. The first-order chi connectivity index (χ1) is 13.1. The molecule has 138 valence electrons. The zero-order chi connectivity index (χ0) is 19.2. The number of hydrogen-bond donors (Lipinski definition) is 3. The second kappa shape index (κ2) is 8.00. The van der Waals surface area contributed by atoms with E-state index in [0.29, 0.717) is 22.7 Å². The fourth-order valence-electron chi connectivity index (χ4n) is 2.46. The summed E-state index contributed by atoms with van der Waals surface area (Å²) in [6.07, 6.45) is 0. The van der Waals surface area contributed by atoms with Crippen molar-refractivity contribution >= 4 is 17.5 Å². The molecular weight excluding hydrogens is 350 g/mol. The zero-order valence-corrected chi connectivity index (χ0v) is 14.4. The van der Waals surface area contributed by atoms with Gasteiger partial charge in [0.05, 0.1) is 12.8 Å². The van der Waals surface area contributed by atoms with Gasteiger partial charge in [0.15, 0.2) is 12.3 Å². The van der Waals surface area contributed by atoms with E-state index < -0.39 is 5.91 Å². The molecule has 3 rings (SSSR count). The molecule has 0 saturated carbocycles. The van der Waals surface area contributed by atoms with Gasteiger partial charge in [0, 0.05) is 5.56 Å². The van der Waals surface area contributed by atoms with Crippen LogP contribution in [0.5, 0.6) is 11.5 Å². The van der Waals surface area contributed by atoms with Crippen molar-refractivity contribution in [3.8, 4) is 22.8 Å². The molecule has 1 heterocycles. The lowest BCUT2D eigenvalue weighted by Crippen LogP contribution is -2.20. The zero-order valence-electron chi connectivity index (χ0n) is 14.4. The lowest BCUT2D eigenvalue weighted by atomic mass is 10.1. The van der Waals surface area contributed by atoms with Gasteiger partial charge in [-0.3, -0.25) is 9.59 Å². The van der Waals surface area contributed by atoms with Crippen LogP contribution in [0, 0.1) is 0 Å². The largest absolute Gasteiger partial charge is 0.495 e. The van der Waals surface area contributed by atoms with Gasteiger partial charge in [-0.05, 0) is 24.3 Å². The van der Waals surface area contributed by atoms with Crippen molar-refractivity contribution in [2.75, 3.05) is 19.0 Å². The van der Waals surface area contributed by atoms with Crippen molar-refractivity contribution < 1.29 is 19.1 Å². The second-order valence-corrected chi connectivity index (χ2v) is 5.42. The molecule has 0 atom stereocenters. The molecule has 2 amide bonds. The normalized spacial score (nSPS) is 10.3. The average molecular weight is 367 g/mol. The van der Waals surface area contributed by atoms with E-state index in [2.05, 4.69) is 20.7 Å². The van der Waals surface area contributed by atoms with Crippen molar-refractivity contribution in [2.45, 2.75) is 0 Å². The van der Waals surface area contributed by atoms with Gasteiger partial charge in [-0.25, -0.2) is 0 Å². The maximum atomic E-state index is 12.2. The number of carbonyl (C=O) groups excluding carboxylic acids is 2. The Morgan fingerprint density at radius 1 is 1.07 bits per heavy atom. The predicted octanol–water partition coefficient (Wildman–Crippen LogP) is 1.60. The average Bonchev–Trinajstić information content (AvgIpc) is 3.17. The first kappa shape index (κ1) is 17.9. The van der Waals surface area contributed by atoms with Crippen LogP contribution in [0.2, 0.25) is 0 Å². The molecule has 0 bridgehead atoms. The molecule has 0 aliphatic heterocycles. The summed E-state index contributed by atoms with van der Waals surface area (Å²) in [5.41, 5.74) is 6.57. The standard InChI is InChI=1S/C18H17N5O4/c1-26-14-9-5-3-7-12(14)20-15(24)10-27-13-8-4-2-6-11(13)16-17(18(19)25)22-23-21-16/h2-9H,10H2,1H3,(H2,19,25)(H,20,24)(H,21,22,23). The maximum Gasteiger partial charge on any atom is 0.271 e. The predicted molar refractivity (Wildman–Crippen MR) is 97.5 cm³/mol. The highest BCUT2D eigenvalue weighted by Crippen LogP contribution is 2.30. The van der Waals surface area contributed by atoms with Gasteiger partial charge in [-0.1, -0.05) is 24.3 Å². The number of carbonyl (C=O) groups is 2. The Kier molecular flexibility index (Phi) is 5.31. The Labute approximate surface area is 154 Å². The number of anilines is 1. The summed E-state index contributed by atoms with van der Waals surface area (Å²) < 4.78 is 10.8. The third-order valence-electron chi connectivity index (χ3n) is 3.66. The molecule has 0 aliphatic carbocycles. The maximum absolute atomic E-state index is 12.2. The number of aromatic amines is 1. The number of para-hydroxylation sites is 3. The molecule has 27 heavy (non-hydrogen) atoms. The molecule has 3 aromatic rings. The van der Waals surface area contributed by atoms with Gasteiger partial charge in [0.25, 0.3) is 11.8 Å². The number of H-pyrrole nitrogens is 1. The highest BCUT2D eigenvalue weighted by atomic mass is 16.5. The van der Waals surface area contributed by atoms with Crippen molar-refractivity contribution in [1.82, 2.24) is 15.4 Å². The summed E-state index contributed by atoms with van der Waals surface area (Å²) in [5, 5.41) is 12.8. The van der Waals surface area contributed by atoms with E-state index in [1.807, 2.05) is 0 Å². The van der Waals surface area contributed by atoms with Crippen molar-refractivity contribution in [3.63, 3.8) is 0 Å². The molecule has 9 nitrogen and oxygen atoms in total. The quantitative estimate of drug-likeness (QED) is 0.581. The van der Waals surface area contributed by atoms with Crippen molar-refractivity contribution in [3.05, 3.63) is 54.2 Å². The minimum Gasteiger partial charge on any atom is -0.495 e. The number of ether oxygens (including phenoxy) is 2. The molecule has 0 aliphatic rings. The Morgan fingerprint density at radius 3 is 2.52 bits per heavy atom. The van der Waals surface area contributed by atoms with E-state index in [0.717, 1.165) is 0 Å².